The van der Waals surface area contributed by atoms with Gasteiger partial charge in [-0.3, -0.25) is 0 Å². The number of sulfonamides is 1. The Morgan fingerprint density at radius 2 is 1.84 bits per heavy atom. The molecule has 2 rings (SSSR count). The summed E-state index contributed by atoms with van der Waals surface area (Å²) in [5, 5.41) is 18.5. The Morgan fingerprint density at radius 1 is 1.21 bits per heavy atom. The van der Waals surface area contributed by atoms with Crippen LogP contribution in [-0.2, 0) is 10.0 Å². The van der Waals surface area contributed by atoms with Gasteiger partial charge in [-0.25, -0.2) is 13.1 Å². The van der Waals surface area contributed by atoms with Crippen LogP contribution in [0.2, 0.25) is 0 Å². The van der Waals surface area contributed by atoms with Gasteiger partial charge in [0.2, 0.25) is 10.0 Å². The first-order valence-electron chi connectivity index (χ1n) is 6.23. The van der Waals surface area contributed by atoms with E-state index in [9.17, 15) is 13.5 Å². The Labute approximate surface area is 112 Å². The van der Waals surface area contributed by atoms with Crippen molar-refractivity contribution >= 4 is 10.0 Å². The van der Waals surface area contributed by atoms with Crippen LogP contribution < -0.4 is 4.72 Å². The molecule has 0 saturated heterocycles. The average molecular weight is 280 g/mol. The van der Waals surface area contributed by atoms with Gasteiger partial charge >= 0.3 is 0 Å². The van der Waals surface area contributed by atoms with Crippen LogP contribution in [0.3, 0.4) is 0 Å². The van der Waals surface area contributed by atoms with Crippen molar-refractivity contribution in [1.29, 1.82) is 5.26 Å². The zero-order valence-corrected chi connectivity index (χ0v) is 11.2. The summed E-state index contributed by atoms with van der Waals surface area (Å²) in [5.74, 6) is 0. The highest BCUT2D eigenvalue weighted by atomic mass is 32.2. The van der Waals surface area contributed by atoms with Crippen molar-refractivity contribution in [3.8, 4) is 6.07 Å². The lowest BCUT2D eigenvalue weighted by atomic mass is 9.93. The summed E-state index contributed by atoms with van der Waals surface area (Å²) >= 11 is 0. The van der Waals surface area contributed by atoms with E-state index in [1.54, 1.807) is 0 Å². The lowest BCUT2D eigenvalue weighted by Crippen LogP contribution is -2.44. The fourth-order valence-electron chi connectivity index (χ4n) is 2.22. The van der Waals surface area contributed by atoms with Gasteiger partial charge in [0.05, 0.1) is 22.6 Å². The third kappa shape index (κ3) is 3.32. The van der Waals surface area contributed by atoms with Crippen molar-refractivity contribution in [3.63, 3.8) is 0 Å². The van der Waals surface area contributed by atoms with Gasteiger partial charge in [0.25, 0.3) is 0 Å². The SMILES string of the molecule is N#Cc1ccc(S(=O)(=O)N[C@H]2CCCC[C@@H]2O)cc1. The molecule has 1 aliphatic carbocycles. The molecule has 5 nitrogen and oxygen atoms in total. The van der Waals surface area contributed by atoms with Gasteiger partial charge in [0, 0.05) is 6.04 Å². The lowest BCUT2D eigenvalue weighted by molar-refractivity contribution is 0.101. The molecule has 2 atom stereocenters. The molecule has 1 aromatic carbocycles. The maximum atomic E-state index is 12.1. The van der Waals surface area contributed by atoms with E-state index in [0.717, 1.165) is 12.8 Å². The van der Waals surface area contributed by atoms with Gasteiger partial charge < -0.3 is 5.11 Å². The van der Waals surface area contributed by atoms with Crippen molar-refractivity contribution in [2.45, 2.75) is 42.7 Å². The third-order valence-corrected chi connectivity index (χ3v) is 4.84. The van der Waals surface area contributed by atoms with Crippen LogP contribution in [0.25, 0.3) is 0 Å². The number of hydrogen-bond donors (Lipinski definition) is 2. The van der Waals surface area contributed by atoms with Crippen molar-refractivity contribution in [1.82, 2.24) is 4.72 Å². The highest BCUT2D eigenvalue weighted by Crippen LogP contribution is 2.20. The number of aliphatic hydroxyl groups is 1. The Kier molecular flexibility index (Phi) is 4.20. The van der Waals surface area contributed by atoms with Crippen molar-refractivity contribution in [2.24, 2.45) is 0 Å². The maximum absolute atomic E-state index is 12.1. The van der Waals surface area contributed by atoms with E-state index < -0.39 is 22.2 Å². The second-order valence-corrected chi connectivity index (χ2v) is 6.43. The number of benzene rings is 1. The van der Waals surface area contributed by atoms with Crippen LogP contribution in [0.15, 0.2) is 29.2 Å². The summed E-state index contributed by atoms with van der Waals surface area (Å²) in [6.45, 7) is 0. The minimum Gasteiger partial charge on any atom is -0.391 e. The van der Waals surface area contributed by atoms with Crippen LogP contribution >= 0.6 is 0 Å². The number of nitrogens with zero attached hydrogens (tertiary/aromatic N) is 1. The zero-order valence-electron chi connectivity index (χ0n) is 10.4. The molecule has 0 aromatic heterocycles. The van der Waals surface area contributed by atoms with Gasteiger partial charge in [-0.15, -0.1) is 0 Å². The first kappa shape index (κ1) is 14.0. The predicted molar refractivity (Wildman–Crippen MR) is 69.7 cm³/mol. The normalized spacial score (nSPS) is 23.8. The van der Waals surface area contributed by atoms with Crippen molar-refractivity contribution < 1.29 is 13.5 Å². The van der Waals surface area contributed by atoms with E-state index in [4.69, 9.17) is 5.26 Å². The van der Waals surface area contributed by atoms with Gasteiger partial charge in [-0.05, 0) is 37.1 Å². The molecular formula is C13H16N2O3S. The van der Waals surface area contributed by atoms with Crippen molar-refractivity contribution in [2.75, 3.05) is 0 Å². The van der Waals surface area contributed by atoms with Gasteiger partial charge in [-0.2, -0.15) is 5.26 Å². The lowest BCUT2D eigenvalue weighted by Gasteiger charge is -2.28. The van der Waals surface area contributed by atoms with Crippen LogP contribution in [0.4, 0.5) is 0 Å². The summed E-state index contributed by atoms with van der Waals surface area (Å²) in [7, 11) is -3.64. The molecule has 0 unspecified atom stereocenters. The molecule has 19 heavy (non-hydrogen) atoms. The molecule has 102 valence electrons. The molecule has 0 radical (unpaired) electrons. The second kappa shape index (κ2) is 5.70. The molecule has 0 amide bonds. The second-order valence-electron chi connectivity index (χ2n) is 4.72. The summed E-state index contributed by atoms with van der Waals surface area (Å²) in [6, 6.07) is 7.24. The zero-order chi connectivity index (χ0) is 13.9. The van der Waals surface area contributed by atoms with Gasteiger partial charge in [-0.1, -0.05) is 12.8 Å². The van der Waals surface area contributed by atoms with Gasteiger partial charge in [0.1, 0.15) is 0 Å². The van der Waals surface area contributed by atoms with Crippen LogP contribution in [0.5, 0.6) is 0 Å². The predicted octanol–water partition coefficient (Wildman–Crippen LogP) is 1.14. The molecular weight excluding hydrogens is 264 g/mol. The van der Waals surface area contributed by atoms with E-state index in [2.05, 4.69) is 4.72 Å². The number of nitrogens with one attached hydrogen (secondary N) is 1. The van der Waals surface area contributed by atoms with E-state index in [0.29, 0.717) is 18.4 Å². The molecule has 0 heterocycles. The average Bonchev–Trinajstić information content (AvgIpc) is 2.41. The molecule has 1 saturated carbocycles. The highest BCUT2D eigenvalue weighted by molar-refractivity contribution is 7.89. The standard InChI is InChI=1S/C13H16N2O3S/c14-9-10-5-7-11(8-6-10)19(17,18)15-12-3-1-2-4-13(12)16/h5-8,12-13,15-16H,1-4H2/t12-,13-/m0/s1. The summed E-state index contributed by atoms with van der Waals surface area (Å²) in [5.41, 5.74) is 0.414. The molecule has 0 bridgehead atoms. The minimum absolute atomic E-state index is 0.115. The smallest absolute Gasteiger partial charge is 0.240 e. The summed E-state index contributed by atoms with van der Waals surface area (Å²) in [4.78, 5) is 0.115. The molecule has 0 spiro atoms. The summed E-state index contributed by atoms with van der Waals surface area (Å²) in [6.07, 6.45) is 2.49. The summed E-state index contributed by atoms with van der Waals surface area (Å²) < 4.78 is 26.8. The fraction of sp³-hybridized carbons (Fsp3) is 0.462. The Hall–Kier alpha value is -1.42. The number of aliphatic hydroxyl groups excluding tert-OH is 1. The fourth-order valence-corrected chi connectivity index (χ4v) is 3.53. The number of rotatable bonds is 3. The monoisotopic (exact) mass is 280 g/mol. The highest BCUT2D eigenvalue weighted by Gasteiger charge is 2.27. The third-order valence-electron chi connectivity index (χ3n) is 3.33. The number of hydrogen-bond acceptors (Lipinski definition) is 4. The Bertz CT molecular complexity index is 575. The van der Waals surface area contributed by atoms with Crippen LogP contribution in [0, 0.1) is 11.3 Å². The maximum Gasteiger partial charge on any atom is 0.240 e. The van der Waals surface area contributed by atoms with E-state index in [-0.39, 0.29) is 4.90 Å². The Balaban J connectivity index is 2.15. The quantitative estimate of drug-likeness (QED) is 0.868. The van der Waals surface area contributed by atoms with Crippen LogP contribution in [0.1, 0.15) is 31.2 Å². The first-order valence-corrected chi connectivity index (χ1v) is 7.72. The topological polar surface area (TPSA) is 90.2 Å². The molecule has 1 fully saturated rings. The van der Waals surface area contributed by atoms with Crippen LogP contribution in [-0.4, -0.2) is 25.7 Å². The molecule has 1 aromatic rings. The van der Waals surface area contributed by atoms with Crippen molar-refractivity contribution in [3.05, 3.63) is 29.8 Å². The van der Waals surface area contributed by atoms with E-state index in [1.807, 2.05) is 6.07 Å². The van der Waals surface area contributed by atoms with E-state index in [1.165, 1.54) is 24.3 Å². The largest absolute Gasteiger partial charge is 0.391 e. The first-order chi connectivity index (χ1) is 9.03. The molecule has 6 heteroatoms. The molecule has 2 N–H and O–H groups in total. The molecule has 0 aliphatic heterocycles. The number of nitriles is 1. The minimum atomic E-state index is -3.64. The van der Waals surface area contributed by atoms with E-state index >= 15 is 0 Å². The Morgan fingerprint density at radius 3 is 2.42 bits per heavy atom. The molecule has 1 aliphatic rings. The van der Waals surface area contributed by atoms with Gasteiger partial charge in [0.15, 0.2) is 0 Å².